The molecule has 2 aromatic rings. The van der Waals surface area contributed by atoms with Gasteiger partial charge >= 0.3 is 0 Å². The number of hydrogen-bond donors (Lipinski definition) is 1. The molecule has 5 nitrogen and oxygen atoms in total. The lowest BCUT2D eigenvalue weighted by Crippen LogP contribution is -2.08. The standard InChI is InChI=1S/C14H19N3O2/c1-10(16-11-8-15-17(2)9-11)13-7-12(18-3)5-6-14(13)19-4/h5-10,16H,1-4H3/t10-/m0/s1. The molecule has 1 heterocycles. The minimum Gasteiger partial charge on any atom is -0.497 e. The van der Waals surface area contributed by atoms with Gasteiger partial charge < -0.3 is 14.8 Å². The van der Waals surface area contributed by atoms with E-state index in [1.54, 1.807) is 25.1 Å². The van der Waals surface area contributed by atoms with Crippen molar-refractivity contribution in [3.8, 4) is 11.5 Å². The van der Waals surface area contributed by atoms with Crippen LogP contribution in [0, 0.1) is 0 Å². The Morgan fingerprint density at radius 1 is 1.26 bits per heavy atom. The Morgan fingerprint density at radius 2 is 2.05 bits per heavy atom. The fourth-order valence-corrected chi connectivity index (χ4v) is 2.00. The van der Waals surface area contributed by atoms with E-state index in [1.807, 2.05) is 31.4 Å². The van der Waals surface area contributed by atoms with Crippen LogP contribution < -0.4 is 14.8 Å². The van der Waals surface area contributed by atoms with Gasteiger partial charge in [0.2, 0.25) is 0 Å². The number of rotatable bonds is 5. The molecule has 0 unspecified atom stereocenters. The Bertz CT molecular complexity index is 551. The molecule has 2 rings (SSSR count). The zero-order valence-corrected chi connectivity index (χ0v) is 11.7. The maximum Gasteiger partial charge on any atom is 0.124 e. The second-order valence-corrected chi connectivity index (χ2v) is 4.38. The van der Waals surface area contributed by atoms with Crippen LogP contribution in [0.15, 0.2) is 30.6 Å². The van der Waals surface area contributed by atoms with E-state index in [4.69, 9.17) is 9.47 Å². The highest BCUT2D eigenvalue weighted by Crippen LogP contribution is 2.31. The molecule has 0 amide bonds. The van der Waals surface area contributed by atoms with Crippen LogP contribution in [-0.2, 0) is 7.05 Å². The molecule has 0 aliphatic heterocycles. The zero-order chi connectivity index (χ0) is 13.8. The highest BCUT2D eigenvalue weighted by molar-refractivity contribution is 5.47. The van der Waals surface area contributed by atoms with Gasteiger partial charge in [-0.2, -0.15) is 5.10 Å². The van der Waals surface area contributed by atoms with Crippen molar-refractivity contribution in [2.24, 2.45) is 7.05 Å². The molecule has 0 saturated carbocycles. The van der Waals surface area contributed by atoms with E-state index in [1.165, 1.54) is 0 Å². The average molecular weight is 261 g/mol. The van der Waals surface area contributed by atoms with E-state index >= 15 is 0 Å². The van der Waals surface area contributed by atoms with Crippen molar-refractivity contribution in [1.82, 2.24) is 9.78 Å². The molecule has 0 radical (unpaired) electrons. The molecule has 19 heavy (non-hydrogen) atoms. The highest BCUT2D eigenvalue weighted by atomic mass is 16.5. The number of methoxy groups -OCH3 is 2. The Hall–Kier alpha value is -2.17. The largest absolute Gasteiger partial charge is 0.497 e. The SMILES string of the molecule is COc1ccc(OC)c([C@H](C)Nc2cnn(C)c2)c1. The second kappa shape index (κ2) is 5.65. The number of nitrogens with zero attached hydrogens (tertiary/aromatic N) is 2. The summed E-state index contributed by atoms with van der Waals surface area (Å²) in [4.78, 5) is 0. The van der Waals surface area contributed by atoms with Gasteiger partial charge in [0.25, 0.3) is 0 Å². The van der Waals surface area contributed by atoms with Crippen molar-refractivity contribution in [2.75, 3.05) is 19.5 Å². The molecule has 0 spiro atoms. The summed E-state index contributed by atoms with van der Waals surface area (Å²) in [7, 11) is 5.22. The fraction of sp³-hybridized carbons (Fsp3) is 0.357. The summed E-state index contributed by atoms with van der Waals surface area (Å²) in [6, 6.07) is 5.87. The first-order valence-electron chi connectivity index (χ1n) is 6.11. The molecular weight excluding hydrogens is 242 g/mol. The number of aromatic nitrogens is 2. The third-order valence-corrected chi connectivity index (χ3v) is 2.99. The molecule has 102 valence electrons. The summed E-state index contributed by atoms with van der Waals surface area (Å²) in [5.74, 6) is 1.65. The van der Waals surface area contributed by atoms with E-state index in [0.29, 0.717) is 0 Å². The van der Waals surface area contributed by atoms with Crippen LogP contribution in [-0.4, -0.2) is 24.0 Å². The lowest BCUT2D eigenvalue weighted by atomic mass is 10.1. The van der Waals surface area contributed by atoms with Crippen molar-refractivity contribution < 1.29 is 9.47 Å². The number of benzene rings is 1. The summed E-state index contributed by atoms with van der Waals surface area (Å²) < 4.78 is 12.4. The minimum absolute atomic E-state index is 0.0919. The van der Waals surface area contributed by atoms with Crippen LogP contribution in [0.3, 0.4) is 0 Å². The number of hydrogen-bond acceptors (Lipinski definition) is 4. The van der Waals surface area contributed by atoms with Crippen LogP contribution in [0.1, 0.15) is 18.5 Å². The Balaban J connectivity index is 2.23. The van der Waals surface area contributed by atoms with Crippen LogP contribution in [0.25, 0.3) is 0 Å². The first-order valence-corrected chi connectivity index (χ1v) is 6.11. The maximum atomic E-state index is 5.39. The molecule has 0 fully saturated rings. The number of anilines is 1. The quantitative estimate of drug-likeness (QED) is 0.898. The maximum absolute atomic E-state index is 5.39. The van der Waals surface area contributed by atoms with Crippen molar-refractivity contribution in [3.05, 3.63) is 36.2 Å². The van der Waals surface area contributed by atoms with E-state index in [0.717, 1.165) is 22.7 Å². The molecule has 0 aliphatic carbocycles. The van der Waals surface area contributed by atoms with E-state index < -0.39 is 0 Å². The summed E-state index contributed by atoms with van der Waals surface area (Å²) in [5.41, 5.74) is 2.02. The first kappa shape index (κ1) is 13.3. The van der Waals surface area contributed by atoms with E-state index in [2.05, 4.69) is 17.3 Å². The lowest BCUT2D eigenvalue weighted by molar-refractivity contribution is 0.397. The average Bonchev–Trinajstić information content (AvgIpc) is 2.83. The van der Waals surface area contributed by atoms with Crippen molar-refractivity contribution in [3.63, 3.8) is 0 Å². The summed E-state index contributed by atoms with van der Waals surface area (Å²) in [6.07, 6.45) is 3.73. The normalized spacial score (nSPS) is 12.0. The first-order chi connectivity index (χ1) is 9.13. The van der Waals surface area contributed by atoms with Crippen LogP contribution in [0.2, 0.25) is 0 Å². The van der Waals surface area contributed by atoms with Gasteiger partial charge in [-0.3, -0.25) is 4.68 Å². The summed E-state index contributed by atoms with van der Waals surface area (Å²) in [6.45, 7) is 2.07. The Labute approximate surface area is 113 Å². The van der Waals surface area contributed by atoms with Gasteiger partial charge in [0.1, 0.15) is 11.5 Å². The van der Waals surface area contributed by atoms with E-state index in [9.17, 15) is 0 Å². The lowest BCUT2D eigenvalue weighted by Gasteiger charge is -2.18. The summed E-state index contributed by atoms with van der Waals surface area (Å²) in [5, 5.41) is 7.52. The van der Waals surface area contributed by atoms with Crippen LogP contribution in [0.4, 0.5) is 5.69 Å². The molecule has 1 aromatic carbocycles. The van der Waals surface area contributed by atoms with Gasteiger partial charge in [0, 0.05) is 18.8 Å². The van der Waals surface area contributed by atoms with Crippen molar-refractivity contribution >= 4 is 5.69 Å². The van der Waals surface area contributed by atoms with Crippen LogP contribution >= 0.6 is 0 Å². The van der Waals surface area contributed by atoms with Gasteiger partial charge in [-0.05, 0) is 25.1 Å². The third kappa shape index (κ3) is 2.99. The molecule has 1 N–H and O–H groups in total. The molecule has 0 bridgehead atoms. The van der Waals surface area contributed by atoms with Gasteiger partial charge in [-0.25, -0.2) is 0 Å². The smallest absolute Gasteiger partial charge is 0.124 e. The topological polar surface area (TPSA) is 48.3 Å². The monoisotopic (exact) mass is 261 g/mol. The number of nitrogens with one attached hydrogen (secondary N) is 1. The molecular formula is C14H19N3O2. The number of ether oxygens (including phenoxy) is 2. The second-order valence-electron chi connectivity index (χ2n) is 4.38. The van der Waals surface area contributed by atoms with Gasteiger partial charge in [-0.1, -0.05) is 0 Å². The molecule has 5 heteroatoms. The van der Waals surface area contributed by atoms with Crippen molar-refractivity contribution in [2.45, 2.75) is 13.0 Å². The summed E-state index contributed by atoms with van der Waals surface area (Å²) >= 11 is 0. The molecule has 0 saturated heterocycles. The molecule has 1 aromatic heterocycles. The van der Waals surface area contributed by atoms with Crippen molar-refractivity contribution in [1.29, 1.82) is 0 Å². The molecule has 0 aliphatic rings. The predicted molar refractivity (Wildman–Crippen MR) is 74.8 cm³/mol. The Morgan fingerprint density at radius 3 is 2.63 bits per heavy atom. The zero-order valence-electron chi connectivity index (χ0n) is 11.7. The third-order valence-electron chi connectivity index (χ3n) is 2.99. The predicted octanol–water partition coefficient (Wildman–Crippen LogP) is 2.61. The van der Waals surface area contributed by atoms with Gasteiger partial charge in [-0.15, -0.1) is 0 Å². The van der Waals surface area contributed by atoms with Crippen LogP contribution in [0.5, 0.6) is 11.5 Å². The van der Waals surface area contributed by atoms with Gasteiger partial charge in [0.05, 0.1) is 32.1 Å². The Kier molecular flexibility index (Phi) is 3.94. The fourth-order valence-electron chi connectivity index (χ4n) is 2.00. The van der Waals surface area contributed by atoms with E-state index in [-0.39, 0.29) is 6.04 Å². The number of aryl methyl sites for hydroxylation is 1. The highest BCUT2D eigenvalue weighted by Gasteiger charge is 2.13. The molecule has 1 atom stereocenters. The minimum atomic E-state index is 0.0919. The van der Waals surface area contributed by atoms with Gasteiger partial charge in [0.15, 0.2) is 0 Å².